The van der Waals surface area contributed by atoms with Crippen molar-refractivity contribution in [2.45, 2.75) is 40.2 Å². The molecule has 0 N–H and O–H groups in total. The van der Waals surface area contributed by atoms with Crippen LogP contribution in [0.3, 0.4) is 0 Å². The van der Waals surface area contributed by atoms with E-state index in [1.807, 2.05) is 55.9 Å². The lowest BCUT2D eigenvalue weighted by molar-refractivity contribution is -0.0979. The summed E-state index contributed by atoms with van der Waals surface area (Å²) < 4.78 is 5.29. The molecule has 1 aliphatic rings. The summed E-state index contributed by atoms with van der Waals surface area (Å²) in [4.78, 5) is 21.6. The van der Waals surface area contributed by atoms with E-state index in [2.05, 4.69) is 6.92 Å². The van der Waals surface area contributed by atoms with Crippen LogP contribution < -0.4 is 0 Å². The van der Waals surface area contributed by atoms with Crippen LogP contribution in [0.15, 0.2) is 30.3 Å². The molecule has 1 heterocycles. The SMILES string of the molecule is C=O.CC.CCC1CCN(C(=O)OCc2ccccc2)C1. The third-order valence-corrected chi connectivity index (χ3v) is 3.33. The van der Waals surface area contributed by atoms with Gasteiger partial charge in [-0.05, 0) is 17.9 Å². The van der Waals surface area contributed by atoms with Gasteiger partial charge in [-0.2, -0.15) is 0 Å². The van der Waals surface area contributed by atoms with Gasteiger partial charge in [0, 0.05) is 13.1 Å². The van der Waals surface area contributed by atoms with Gasteiger partial charge < -0.3 is 14.4 Å². The Bertz CT molecular complexity index is 381. The molecule has 1 aromatic rings. The summed E-state index contributed by atoms with van der Waals surface area (Å²) in [5, 5.41) is 0. The molecule has 4 heteroatoms. The van der Waals surface area contributed by atoms with E-state index in [-0.39, 0.29) is 6.09 Å². The molecule has 1 saturated heterocycles. The largest absolute Gasteiger partial charge is 0.445 e. The molecule has 118 valence electrons. The zero-order chi connectivity index (χ0) is 16.1. The van der Waals surface area contributed by atoms with Crippen molar-refractivity contribution in [1.29, 1.82) is 0 Å². The average Bonchev–Trinajstić information content (AvgIpc) is 3.06. The quantitative estimate of drug-likeness (QED) is 0.849. The van der Waals surface area contributed by atoms with Crippen molar-refractivity contribution >= 4 is 12.9 Å². The lowest BCUT2D eigenvalue weighted by Crippen LogP contribution is -2.29. The fraction of sp³-hybridized carbons (Fsp3) is 0.529. The van der Waals surface area contributed by atoms with E-state index in [1.165, 1.54) is 0 Å². The zero-order valence-electron chi connectivity index (χ0n) is 13.4. The van der Waals surface area contributed by atoms with E-state index >= 15 is 0 Å². The highest BCUT2D eigenvalue weighted by Crippen LogP contribution is 2.19. The van der Waals surface area contributed by atoms with Crippen LogP contribution in [0.5, 0.6) is 0 Å². The number of rotatable bonds is 3. The van der Waals surface area contributed by atoms with Crippen LogP contribution in [0.25, 0.3) is 0 Å². The van der Waals surface area contributed by atoms with Gasteiger partial charge in [0.2, 0.25) is 0 Å². The van der Waals surface area contributed by atoms with Gasteiger partial charge in [-0.1, -0.05) is 57.5 Å². The smallest absolute Gasteiger partial charge is 0.410 e. The summed E-state index contributed by atoms with van der Waals surface area (Å²) in [7, 11) is 0. The van der Waals surface area contributed by atoms with Crippen molar-refractivity contribution in [2.24, 2.45) is 5.92 Å². The molecule has 1 aromatic carbocycles. The van der Waals surface area contributed by atoms with E-state index in [4.69, 9.17) is 9.53 Å². The highest BCUT2D eigenvalue weighted by atomic mass is 16.6. The van der Waals surface area contributed by atoms with E-state index < -0.39 is 0 Å². The summed E-state index contributed by atoms with van der Waals surface area (Å²) in [6.07, 6.45) is 2.07. The molecule has 0 saturated carbocycles. The number of hydrogen-bond donors (Lipinski definition) is 0. The maximum absolute atomic E-state index is 11.8. The minimum atomic E-state index is -0.176. The Morgan fingerprint density at radius 1 is 1.29 bits per heavy atom. The Hall–Kier alpha value is -1.84. The van der Waals surface area contributed by atoms with Crippen molar-refractivity contribution in [3.05, 3.63) is 35.9 Å². The van der Waals surface area contributed by atoms with E-state index in [9.17, 15) is 4.79 Å². The number of carbonyl (C=O) groups is 2. The van der Waals surface area contributed by atoms with Gasteiger partial charge in [0.25, 0.3) is 0 Å². The first-order valence-electron chi connectivity index (χ1n) is 7.54. The molecule has 1 atom stereocenters. The Kier molecular flexibility index (Phi) is 10.9. The highest BCUT2D eigenvalue weighted by Gasteiger charge is 2.25. The minimum Gasteiger partial charge on any atom is -0.445 e. The predicted octanol–water partition coefficient (Wildman–Crippen LogP) is 3.90. The lowest BCUT2D eigenvalue weighted by Gasteiger charge is -2.16. The maximum Gasteiger partial charge on any atom is 0.410 e. The van der Waals surface area contributed by atoms with E-state index in [0.717, 1.165) is 31.5 Å². The summed E-state index contributed by atoms with van der Waals surface area (Å²) >= 11 is 0. The Morgan fingerprint density at radius 3 is 2.43 bits per heavy atom. The number of amides is 1. The fourth-order valence-electron chi connectivity index (χ4n) is 2.14. The molecule has 4 nitrogen and oxygen atoms in total. The van der Waals surface area contributed by atoms with Gasteiger partial charge in [-0.25, -0.2) is 4.79 Å². The minimum absolute atomic E-state index is 0.176. The number of ether oxygens (including phenoxy) is 1. The average molecular weight is 293 g/mol. The molecular weight excluding hydrogens is 266 g/mol. The first-order valence-corrected chi connectivity index (χ1v) is 7.54. The topological polar surface area (TPSA) is 46.6 Å². The lowest BCUT2D eigenvalue weighted by atomic mass is 10.1. The normalized spacial score (nSPS) is 16.1. The number of benzene rings is 1. The van der Waals surface area contributed by atoms with Crippen molar-refractivity contribution in [1.82, 2.24) is 4.90 Å². The highest BCUT2D eigenvalue weighted by molar-refractivity contribution is 5.67. The molecule has 0 bridgehead atoms. The number of nitrogens with zero attached hydrogens (tertiary/aromatic N) is 1. The standard InChI is InChI=1S/C14H19NO2.C2H6.CH2O/c1-2-12-8-9-15(10-12)14(16)17-11-13-6-4-3-5-7-13;2*1-2/h3-7,12H,2,8-11H2,1H3;1-2H3;1H2. The molecule has 1 aliphatic heterocycles. The second-order valence-corrected chi connectivity index (χ2v) is 4.55. The summed E-state index contributed by atoms with van der Waals surface area (Å²) in [6.45, 7) is 10.2. The first kappa shape index (κ1) is 19.2. The Balaban J connectivity index is 0.000000921. The number of hydrogen-bond acceptors (Lipinski definition) is 3. The van der Waals surface area contributed by atoms with Crippen molar-refractivity contribution in [3.63, 3.8) is 0 Å². The summed E-state index contributed by atoms with van der Waals surface area (Å²) in [6, 6.07) is 9.79. The molecule has 21 heavy (non-hydrogen) atoms. The number of likely N-dealkylation sites (tertiary alicyclic amines) is 1. The molecular formula is C17H27NO3. The van der Waals surface area contributed by atoms with Crippen LogP contribution in [-0.4, -0.2) is 30.9 Å². The van der Waals surface area contributed by atoms with Crippen LogP contribution in [0.4, 0.5) is 4.79 Å². The van der Waals surface area contributed by atoms with Crippen LogP contribution in [0, 0.1) is 5.92 Å². The van der Waals surface area contributed by atoms with Gasteiger partial charge >= 0.3 is 6.09 Å². The fourth-order valence-corrected chi connectivity index (χ4v) is 2.14. The molecule has 0 aliphatic carbocycles. The summed E-state index contributed by atoms with van der Waals surface area (Å²) in [5.74, 6) is 0.652. The van der Waals surface area contributed by atoms with Gasteiger partial charge in [-0.15, -0.1) is 0 Å². The third kappa shape index (κ3) is 6.93. The Morgan fingerprint density at radius 2 is 1.90 bits per heavy atom. The molecule has 0 spiro atoms. The molecule has 1 fully saturated rings. The molecule has 1 unspecified atom stereocenters. The molecule has 0 aromatic heterocycles. The van der Waals surface area contributed by atoms with Crippen molar-refractivity contribution in [3.8, 4) is 0 Å². The Labute approximate surface area is 128 Å². The first-order chi connectivity index (χ1) is 10.3. The third-order valence-electron chi connectivity index (χ3n) is 3.33. The van der Waals surface area contributed by atoms with E-state index in [1.54, 1.807) is 0 Å². The second-order valence-electron chi connectivity index (χ2n) is 4.55. The van der Waals surface area contributed by atoms with Crippen LogP contribution >= 0.6 is 0 Å². The zero-order valence-corrected chi connectivity index (χ0v) is 13.4. The van der Waals surface area contributed by atoms with Gasteiger partial charge in [0.1, 0.15) is 13.4 Å². The van der Waals surface area contributed by atoms with Crippen molar-refractivity contribution in [2.75, 3.05) is 13.1 Å². The van der Waals surface area contributed by atoms with Gasteiger partial charge in [-0.3, -0.25) is 0 Å². The summed E-state index contributed by atoms with van der Waals surface area (Å²) in [5.41, 5.74) is 1.03. The second kappa shape index (κ2) is 11.9. The number of carbonyl (C=O) groups excluding carboxylic acids is 2. The predicted molar refractivity (Wildman–Crippen MR) is 85.1 cm³/mol. The van der Waals surface area contributed by atoms with Gasteiger partial charge in [0.15, 0.2) is 0 Å². The van der Waals surface area contributed by atoms with E-state index in [0.29, 0.717) is 12.5 Å². The van der Waals surface area contributed by atoms with Crippen molar-refractivity contribution < 1.29 is 14.3 Å². The van der Waals surface area contributed by atoms with Crippen LogP contribution in [0.2, 0.25) is 0 Å². The van der Waals surface area contributed by atoms with Crippen LogP contribution in [-0.2, 0) is 16.1 Å². The maximum atomic E-state index is 11.8. The van der Waals surface area contributed by atoms with Crippen LogP contribution in [0.1, 0.15) is 39.2 Å². The monoisotopic (exact) mass is 293 g/mol. The van der Waals surface area contributed by atoms with Gasteiger partial charge in [0.05, 0.1) is 0 Å². The molecule has 0 radical (unpaired) electrons. The molecule has 1 amide bonds. The molecule has 2 rings (SSSR count).